The van der Waals surface area contributed by atoms with Crippen LogP contribution in [-0.2, 0) is 30.3 Å². The number of nitrogens with zero attached hydrogens (tertiary/aromatic N) is 2. The Labute approximate surface area is 211 Å². The van der Waals surface area contributed by atoms with Crippen molar-refractivity contribution in [3.8, 4) is 0 Å². The Hall–Kier alpha value is -2.57. The summed E-state index contributed by atoms with van der Waals surface area (Å²) in [7, 11) is 0. The molecule has 3 heterocycles. The monoisotopic (exact) mass is 503 g/mol. The number of imide groups is 1. The van der Waals surface area contributed by atoms with E-state index in [-0.39, 0.29) is 18.2 Å². The summed E-state index contributed by atoms with van der Waals surface area (Å²) in [5.74, 6) is -0.869. The Morgan fingerprint density at radius 2 is 1.67 bits per heavy atom. The van der Waals surface area contributed by atoms with Gasteiger partial charge in [-0.05, 0) is 18.6 Å². The Kier molecular flexibility index (Phi) is 10.1. The van der Waals surface area contributed by atoms with Crippen LogP contribution >= 0.6 is 0 Å². The average Bonchev–Trinajstić information content (AvgIpc) is 3.22. The third-order valence-corrected chi connectivity index (χ3v) is 6.65. The van der Waals surface area contributed by atoms with Crippen LogP contribution in [0.15, 0.2) is 18.2 Å². The lowest BCUT2D eigenvalue weighted by molar-refractivity contribution is -0.136. The van der Waals surface area contributed by atoms with Crippen molar-refractivity contribution >= 4 is 23.4 Å². The molecule has 3 N–H and O–H groups in total. The highest BCUT2D eigenvalue weighted by Gasteiger charge is 2.39. The molecule has 1 aromatic carbocycles. The van der Waals surface area contributed by atoms with Gasteiger partial charge >= 0.3 is 0 Å². The summed E-state index contributed by atoms with van der Waals surface area (Å²) < 4.78 is 16.8. The van der Waals surface area contributed by atoms with Gasteiger partial charge in [-0.3, -0.25) is 24.6 Å². The smallest absolute Gasteiger partial charge is 0.255 e. The second kappa shape index (κ2) is 13.7. The summed E-state index contributed by atoms with van der Waals surface area (Å²) in [6.07, 6.45) is 0.596. The highest BCUT2D eigenvalue weighted by molar-refractivity contribution is 6.06. The lowest BCUT2D eigenvalue weighted by Gasteiger charge is -2.29. The molecule has 1 unspecified atom stereocenters. The van der Waals surface area contributed by atoms with Crippen LogP contribution in [0, 0.1) is 0 Å². The lowest BCUT2D eigenvalue weighted by atomic mass is 10.0. The first-order valence-corrected chi connectivity index (χ1v) is 12.8. The quantitative estimate of drug-likeness (QED) is 0.234. The topological polar surface area (TPSA) is 121 Å². The van der Waals surface area contributed by atoms with Gasteiger partial charge in [0.1, 0.15) is 6.04 Å². The van der Waals surface area contributed by atoms with Gasteiger partial charge in [0.05, 0.1) is 39.6 Å². The van der Waals surface area contributed by atoms with E-state index in [1.807, 2.05) is 12.1 Å². The van der Waals surface area contributed by atoms with E-state index in [1.54, 1.807) is 11.0 Å². The van der Waals surface area contributed by atoms with E-state index in [1.165, 1.54) is 0 Å². The highest BCUT2D eigenvalue weighted by Crippen LogP contribution is 2.32. The molecular formula is C25H37N5O6. The van der Waals surface area contributed by atoms with Gasteiger partial charge in [-0.25, -0.2) is 0 Å². The zero-order valence-corrected chi connectivity index (χ0v) is 20.8. The SMILES string of the molecule is O=C1CCC(N2Cc3c(NCCOCCOCCOCCN4CCNCC4)cccc3C2=O)C(=O)N1. The van der Waals surface area contributed by atoms with Crippen molar-refractivity contribution in [3.63, 3.8) is 0 Å². The summed E-state index contributed by atoms with van der Waals surface area (Å²) in [5.41, 5.74) is 2.31. The largest absolute Gasteiger partial charge is 0.382 e. The van der Waals surface area contributed by atoms with Crippen molar-refractivity contribution in [2.24, 2.45) is 0 Å². The lowest BCUT2D eigenvalue weighted by Crippen LogP contribution is -2.52. The number of piperidine rings is 1. The molecule has 0 spiro atoms. The normalized spacial score (nSPS) is 20.5. The van der Waals surface area contributed by atoms with Gasteiger partial charge in [0.15, 0.2) is 0 Å². The maximum Gasteiger partial charge on any atom is 0.255 e. The first kappa shape index (κ1) is 26.5. The minimum atomic E-state index is -0.614. The van der Waals surface area contributed by atoms with Crippen molar-refractivity contribution in [1.29, 1.82) is 0 Å². The summed E-state index contributed by atoms with van der Waals surface area (Å²) in [6.45, 7) is 9.52. The number of piperazine rings is 1. The molecule has 11 nitrogen and oxygen atoms in total. The molecule has 1 atom stereocenters. The number of nitrogens with one attached hydrogen (secondary N) is 3. The van der Waals surface area contributed by atoms with Gasteiger partial charge < -0.3 is 29.7 Å². The fourth-order valence-corrected chi connectivity index (χ4v) is 4.68. The molecule has 0 radical (unpaired) electrons. The molecule has 0 aromatic heterocycles. The predicted octanol–water partition coefficient (Wildman–Crippen LogP) is -0.185. The molecule has 198 valence electrons. The van der Waals surface area contributed by atoms with Crippen LogP contribution in [0.5, 0.6) is 0 Å². The maximum atomic E-state index is 12.9. The fourth-order valence-electron chi connectivity index (χ4n) is 4.68. The van der Waals surface area contributed by atoms with Crippen LogP contribution in [-0.4, -0.2) is 112 Å². The minimum Gasteiger partial charge on any atom is -0.382 e. The summed E-state index contributed by atoms with van der Waals surface area (Å²) in [6, 6.07) is 4.91. The number of hydrogen-bond acceptors (Lipinski definition) is 9. The third-order valence-electron chi connectivity index (χ3n) is 6.65. The van der Waals surface area contributed by atoms with Crippen LogP contribution in [0.4, 0.5) is 5.69 Å². The molecule has 0 bridgehead atoms. The molecule has 2 fully saturated rings. The Morgan fingerprint density at radius 1 is 0.944 bits per heavy atom. The zero-order valence-electron chi connectivity index (χ0n) is 20.8. The van der Waals surface area contributed by atoms with Gasteiger partial charge in [0.2, 0.25) is 11.8 Å². The average molecular weight is 504 g/mol. The minimum absolute atomic E-state index is 0.177. The standard InChI is InChI=1S/C25H37N5O6/c31-23-5-4-22(24(32)28-23)30-18-20-19(25(30)33)2-1-3-21(20)27-8-12-34-14-16-36-17-15-35-13-11-29-9-6-26-7-10-29/h1-3,22,26-27H,4-18H2,(H,28,31,32). The van der Waals surface area contributed by atoms with E-state index < -0.39 is 11.9 Å². The highest BCUT2D eigenvalue weighted by atomic mass is 16.5. The molecule has 3 aliphatic rings. The van der Waals surface area contributed by atoms with E-state index in [4.69, 9.17) is 14.2 Å². The third kappa shape index (κ3) is 7.23. The second-order valence-corrected chi connectivity index (χ2v) is 9.09. The first-order valence-electron chi connectivity index (χ1n) is 12.8. The summed E-state index contributed by atoms with van der Waals surface area (Å²) in [4.78, 5) is 40.5. The number of hydrogen-bond donors (Lipinski definition) is 3. The number of benzene rings is 1. The van der Waals surface area contributed by atoms with E-state index in [0.29, 0.717) is 58.1 Å². The molecule has 0 aliphatic carbocycles. The molecule has 0 saturated carbocycles. The molecule has 11 heteroatoms. The van der Waals surface area contributed by atoms with Crippen LogP contribution < -0.4 is 16.0 Å². The molecule has 3 aliphatic heterocycles. The summed E-state index contributed by atoms with van der Waals surface area (Å²) in [5, 5.41) is 9.00. The van der Waals surface area contributed by atoms with Gasteiger partial charge in [0.25, 0.3) is 5.91 Å². The molecular weight excluding hydrogens is 466 g/mol. The first-order chi connectivity index (χ1) is 17.6. The van der Waals surface area contributed by atoms with Crippen LogP contribution in [0.2, 0.25) is 0 Å². The van der Waals surface area contributed by atoms with Crippen LogP contribution in [0.3, 0.4) is 0 Å². The summed E-state index contributed by atoms with van der Waals surface area (Å²) >= 11 is 0. The van der Waals surface area contributed by atoms with E-state index in [0.717, 1.165) is 50.6 Å². The van der Waals surface area contributed by atoms with E-state index in [9.17, 15) is 14.4 Å². The number of rotatable bonds is 14. The van der Waals surface area contributed by atoms with Crippen molar-refractivity contribution in [1.82, 2.24) is 20.4 Å². The molecule has 36 heavy (non-hydrogen) atoms. The number of fused-ring (bicyclic) bond motifs is 1. The zero-order chi connectivity index (χ0) is 25.2. The van der Waals surface area contributed by atoms with Gasteiger partial charge in [-0.2, -0.15) is 0 Å². The van der Waals surface area contributed by atoms with Gasteiger partial charge in [-0.15, -0.1) is 0 Å². The van der Waals surface area contributed by atoms with E-state index >= 15 is 0 Å². The number of anilines is 1. The van der Waals surface area contributed by atoms with E-state index in [2.05, 4.69) is 20.9 Å². The number of carbonyl (C=O) groups excluding carboxylic acids is 3. The number of ether oxygens (including phenoxy) is 3. The maximum absolute atomic E-state index is 12.9. The van der Waals surface area contributed by atoms with Gasteiger partial charge in [0, 0.05) is 69.0 Å². The van der Waals surface area contributed by atoms with Crippen molar-refractivity contribution in [2.45, 2.75) is 25.4 Å². The van der Waals surface area contributed by atoms with Crippen LogP contribution in [0.1, 0.15) is 28.8 Å². The van der Waals surface area contributed by atoms with Gasteiger partial charge in [-0.1, -0.05) is 6.07 Å². The molecule has 3 amide bonds. The Morgan fingerprint density at radius 3 is 2.42 bits per heavy atom. The number of carbonyl (C=O) groups is 3. The molecule has 1 aromatic rings. The van der Waals surface area contributed by atoms with Crippen LogP contribution in [0.25, 0.3) is 0 Å². The fraction of sp³-hybridized carbons (Fsp3) is 0.640. The molecule has 2 saturated heterocycles. The Bertz CT molecular complexity index is 907. The molecule has 4 rings (SSSR count). The second-order valence-electron chi connectivity index (χ2n) is 9.09. The van der Waals surface area contributed by atoms with Crippen molar-refractivity contribution in [3.05, 3.63) is 29.3 Å². The predicted molar refractivity (Wildman–Crippen MR) is 133 cm³/mol. The van der Waals surface area contributed by atoms with Crippen molar-refractivity contribution < 1.29 is 28.6 Å². The number of amides is 3. The Balaban J connectivity index is 1.07. The van der Waals surface area contributed by atoms with Crippen molar-refractivity contribution in [2.75, 3.05) is 84.2 Å².